The van der Waals surface area contributed by atoms with Crippen molar-refractivity contribution < 1.29 is 29.0 Å². The van der Waals surface area contributed by atoms with Crippen molar-refractivity contribution in [2.24, 2.45) is 0 Å². The maximum absolute atomic E-state index is 12.4. The predicted molar refractivity (Wildman–Crippen MR) is 97.4 cm³/mol. The smallest absolute Gasteiger partial charge is 0.335 e. The molecule has 1 aliphatic rings. The Morgan fingerprint density at radius 2 is 1.89 bits per heavy atom. The number of carboxylic acids is 1. The van der Waals surface area contributed by atoms with Gasteiger partial charge in [0, 0.05) is 17.6 Å². The lowest BCUT2D eigenvalue weighted by Gasteiger charge is -2.10. The summed E-state index contributed by atoms with van der Waals surface area (Å²) in [7, 11) is 1.18. The van der Waals surface area contributed by atoms with Crippen molar-refractivity contribution in [1.29, 1.82) is 0 Å². The zero-order chi connectivity index (χ0) is 19.6. The van der Waals surface area contributed by atoms with Gasteiger partial charge >= 0.3 is 11.9 Å². The number of aromatic nitrogens is 1. The van der Waals surface area contributed by atoms with Crippen molar-refractivity contribution in [3.8, 4) is 5.69 Å². The summed E-state index contributed by atoms with van der Waals surface area (Å²) in [5, 5.41) is 8.44. The lowest BCUT2D eigenvalue weighted by molar-refractivity contribution is -0.143. The van der Waals surface area contributed by atoms with Gasteiger partial charge in [-0.1, -0.05) is 0 Å². The molecule has 27 heavy (non-hydrogen) atoms. The van der Waals surface area contributed by atoms with E-state index in [0.717, 1.165) is 16.7 Å². The molecule has 8 nitrogen and oxygen atoms in total. The number of carbonyl (C=O) groups excluding carboxylic acids is 3. The number of imide groups is 1. The quantitative estimate of drug-likeness (QED) is 0.621. The number of ether oxygens (including phenoxy) is 1. The van der Waals surface area contributed by atoms with Gasteiger partial charge < -0.3 is 14.4 Å². The molecule has 0 bridgehead atoms. The van der Waals surface area contributed by atoms with Gasteiger partial charge in [0.05, 0.1) is 17.6 Å². The van der Waals surface area contributed by atoms with Crippen molar-refractivity contribution in [1.82, 2.24) is 9.47 Å². The highest BCUT2D eigenvalue weighted by Crippen LogP contribution is 2.32. The molecule has 0 aliphatic carbocycles. The zero-order valence-electron chi connectivity index (χ0n) is 14.1. The van der Waals surface area contributed by atoms with Crippen molar-refractivity contribution in [2.75, 3.05) is 13.7 Å². The first-order valence-corrected chi connectivity index (χ1v) is 8.55. The van der Waals surface area contributed by atoms with Crippen LogP contribution in [0.3, 0.4) is 0 Å². The molecule has 1 aliphatic heterocycles. The van der Waals surface area contributed by atoms with Crippen LogP contribution in [-0.4, -0.2) is 51.3 Å². The van der Waals surface area contributed by atoms with Gasteiger partial charge in [0.2, 0.25) is 0 Å². The van der Waals surface area contributed by atoms with E-state index in [4.69, 9.17) is 5.11 Å². The van der Waals surface area contributed by atoms with Crippen LogP contribution in [0.2, 0.25) is 0 Å². The van der Waals surface area contributed by atoms with Crippen LogP contribution >= 0.6 is 11.8 Å². The summed E-state index contributed by atoms with van der Waals surface area (Å²) in [6.45, 7) is -0.434. The number of hydrogen-bond acceptors (Lipinski definition) is 6. The third-order valence-electron chi connectivity index (χ3n) is 3.84. The van der Waals surface area contributed by atoms with Gasteiger partial charge in [0.25, 0.3) is 11.1 Å². The van der Waals surface area contributed by atoms with Crippen LogP contribution in [0.4, 0.5) is 4.79 Å². The molecule has 0 saturated carbocycles. The van der Waals surface area contributed by atoms with E-state index < -0.39 is 29.6 Å². The van der Waals surface area contributed by atoms with Crippen molar-refractivity contribution in [3.63, 3.8) is 0 Å². The van der Waals surface area contributed by atoms with E-state index >= 15 is 0 Å². The number of esters is 1. The van der Waals surface area contributed by atoms with Gasteiger partial charge in [-0.2, -0.15) is 0 Å². The number of carbonyl (C=O) groups is 4. The molecule has 2 heterocycles. The molecule has 1 aromatic heterocycles. The van der Waals surface area contributed by atoms with Crippen molar-refractivity contribution in [3.05, 3.63) is 58.8 Å². The molecule has 0 radical (unpaired) electrons. The molecule has 0 unspecified atom stereocenters. The summed E-state index contributed by atoms with van der Waals surface area (Å²) < 4.78 is 6.24. The first kappa shape index (κ1) is 18.5. The van der Waals surface area contributed by atoms with Gasteiger partial charge in [0.15, 0.2) is 0 Å². The Morgan fingerprint density at radius 3 is 2.52 bits per heavy atom. The number of nitrogens with zero attached hydrogens (tertiary/aromatic N) is 2. The third kappa shape index (κ3) is 3.77. The Balaban J connectivity index is 1.88. The summed E-state index contributed by atoms with van der Waals surface area (Å²) in [5.41, 5.74) is 1.49. The number of aromatic carboxylic acids is 1. The number of thioether (sulfide) groups is 1. The van der Waals surface area contributed by atoms with Gasteiger partial charge in [-0.05, 0) is 54.2 Å². The standard InChI is InChI=1S/C18H14N2O6S/c1-26-15(21)10-20-16(22)14(27-18(20)25)9-13-3-2-8-19(13)12-6-4-11(5-7-12)17(23)24/h2-9H,10H2,1H3,(H,23,24)/b14-9-. The summed E-state index contributed by atoms with van der Waals surface area (Å²) in [5.74, 6) is -2.27. The van der Waals surface area contributed by atoms with Gasteiger partial charge in [0.1, 0.15) is 6.54 Å². The maximum atomic E-state index is 12.4. The second kappa shape index (κ2) is 7.50. The van der Waals surface area contributed by atoms with E-state index in [1.807, 2.05) is 0 Å². The normalized spacial score (nSPS) is 15.4. The van der Waals surface area contributed by atoms with E-state index in [-0.39, 0.29) is 10.5 Å². The van der Waals surface area contributed by atoms with Gasteiger partial charge in [-0.15, -0.1) is 0 Å². The SMILES string of the molecule is COC(=O)CN1C(=O)S/C(=C\c2cccn2-c2ccc(C(=O)O)cc2)C1=O. The van der Waals surface area contributed by atoms with Crippen LogP contribution in [0.1, 0.15) is 16.1 Å². The largest absolute Gasteiger partial charge is 0.478 e. The number of methoxy groups -OCH3 is 1. The van der Waals surface area contributed by atoms with Crippen LogP contribution < -0.4 is 0 Å². The summed E-state index contributed by atoms with van der Waals surface area (Å²) >= 11 is 0.742. The Kier molecular flexibility index (Phi) is 5.13. The van der Waals surface area contributed by atoms with Crippen LogP contribution in [-0.2, 0) is 14.3 Å². The fourth-order valence-electron chi connectivity index (χ4n) is 2.48. The molecular formula is C18H14N2O6S. The van der Waals surface area contributed by atoms with Crippen LogP contribution in [0.5, 0.6) is 0 Å². The van der Waals surface area contributed by atoms with Crippen molar-refractivity contribution in [2.45, 2.75) is 0 Å². The van der Waals surface area contributed by atoms with E-state index in [0.29, 0.717) is 11.4 Å². The maximum Gasteiger partial charge on any atom is 0.335 e. The summed E-state index contributed by atoms with van der Waals surface area (Å²) in [6, 6.07) is 9.75. The fraction of sp³-hybridized carbons (Fsp3) is 0.111. The molecule has 2 aromatic rings. The van der Waals surface area contributed by atoms with Gasteiger partial charge in [-0.25, -0.2) is 4.79 Å². The number of rotatable bonds is 5. The monoisotopic (exact) mass is 386 g/mol. The molecule has 1 N–H and O–H groups in total. The predicted octanol–water partition coefficient (Wildman–Crippen LogP) is 2.38. The molecule has 1 saturated heterocycles. The fourth-order valence-corrected chi connectivity index (χ4v) is 3.30. The highest BCUT2D eigenvalue weighted by atomic mass is 32.2. The minimum Gasteiger partial charge on any atom is -0.478 e. The Labute approximate surface area is 158 Å². The first-order chi connectivity index (χ1) is 12.9. The molecule has 9 heteroatoms. The number of benzene rings is 1. The average Bonchev–Trinajstić information content (AvgIpc) is 3.22. The van der Waals surface area contributed by atoms with E-state index in [1.54, 1.807) is 41.1 Å². The van der Waals surface area contributed by atoms with E-state index in [9.17, 15) is 19.2 Å². The van der Waals surface area contributed by atoms with Crippen molar-refractivity contribution >= 4 is 40.9 Å². The Bertz CT molecular complexity index is 960. The molecule has 3 rings (SSSR count). The second-order valence-electron chi connectivity index (χ2n) is 5.50. The molecule has 0 spiro atoms. The number of carboxylic acid groups (broad SMARTS) is 1. The molecule has 2 amide bonds. The minimum atomic E-state index is -1.02. The lowest BCUT2D eigenvalue weighted by Crippen LogP contribution is -2.34. The molecule has 138 valence electrons. The van der Waals surface area contributed by atoms with E-state index in [1.165, 1.54) is 19.2 Å². The molecule has 0 atom stereocenters. The zero-order valence-corrected chi connectivity index (χ0v) is 14.9. The lowest BCUT2D eigenvalue weighted by atomic mass is 10.2. The van der Waals surface area contributed by atoms with Crippen LogP contribution in [0.15, 0.2) is 47.5 Å². The molecular weight excluding hydrogens is 372 g/mol. The number of amides is 2. The van der Waals surface area contributed by atoms with Gasteiger partial charge in [-0.3, -0.25) is 19.3 Å². The minimum absolute atomic E-state index is 0.163. The Morgan fingerprint density at radius 1 is 1.19 bits per heavy atom. The van der Waals surface area contributed by atoms with E-state index in [2.05, 4.69) is 4.74 Å². The van der Waals surface area contributed by atoms with Crippen LogP contribution in [0.25, 0.3) is 11.8 Å². The first-order valence-electron chi connectivity index (χ1n) is 7.74. The molecule has 1 fully saturated rings. The average molecular weight is 386 g/mol. The highest BCUT2D eigenvalue weighted by molar-refractivity contribution is 8.18. The summed E-state index contributed by atoms with van der Waals surface area (Å²) in [4.78, 5) is 47.7. The highest BCUT2D eigenvalue weighted by Gasteiger charge is 2.36. The van der Waals surface area contributed by atoms with Crippen LogP contribution in [0, 0.1) is 0 Å². The third-order valence-corrected chi connectivity index (χ3v) is 4.75. The second-order valence-corrected chi connectivity index (χ2v) is 6.49. The summed E-state index contributed by atoms with van der Waals surface area (Å²) in [6.07, 6.45) is 3.30. The topological polar surface area (TPSA) is 106 Å². The Hall–Kier alpha value is -3.33. The molecule has 1 aromatic carbocycles. The number of hydrogen-bond donors (Lipinski definition) is 1.